The number of benzene rings is 2. The number of hydrogen-bond donors (Lipinski definition) is 1. The van der Waals surface area contributed by atoms with Crippen molar-refractivity contribution in [3.05, 3.63) is 53.6 Å². The van der Waals surface area contributed by atoms with Crippen LogP contribution in [0, 0.1) is 0 Å². The van der Waals surface area contributed by atoms with Crippen LogP contribution in [0.1, 0.15) is 36.8 Å². The van der Waals surface area contributed by atoms with Gasteiger partial charge in [0.25, 0.3) is 0 Å². The van der Waals surface area contributed by atoms with Gasteiger partial charge in [0.15, 0.2) is 11.5 Å². The third-order valence-electron chi connectivity index (χ3n) is 5.63. The Bertz CT molecular complexity index is 709. The van der Waals surface area contributed by atoms with Crippen molar-refractivity contribution in [2.75, 3.05) is 27.9 Å². The highest BCUT2D eigenvalue weighted by atomic mass is 16.5. The number of ether oxygens (including phenoxy) is 3. The van der Waals surface area contributed by atoms with Crippen molar-refractivity contribution in [3.63, 3.8) is 0 Å². The molecule has 1 fully saturated rings. The first-order valence-corrected chi connectivity index (χ1v) is 9.38. The number of rotatable bonds is 8. The average Bonchev–Trinajstić information content (AvgIpc) is 3.18. The van der Waals surface area contributed by atoms with Crippen LogP contribution in [0.2, 0.25) is 0 Å². The zero-order valence-electron chi connectivity index (χ0n) is 16.1. The van der Waals surface area contributed by atoms with Crippen LogP contribution in [0.3, 0.4) is 0 Å². The highest BCUT2D eigenvalue weighted by Gasteiger charge is 2.37. The van der Waals surface area contributed by atoms with Crippen LogP contribution < -0.4 is 19.5 Å². The highest BCUT2D eigenvalue weighted by Crippen LogP contribution is 2.40. The molecule has 2 aromatic rings. The molecule has 0 heterocycles. The molecule has 0 amide bonds. The Morgan fingerprint density at radius 3 is 2.08 bits per heavy atom. The van der Waals surface area contributed by atoms with E-state index in [1.165, 1.54) is 31.2 Å². The molecular formula is C22H30NO3+. The second-order valence-corrected chi connectivity index (χ2v) is 7.07. The van der Waals surface area contributed by atoms with Gasteiger partial charge in [-0.3, -0.25) is 0 Å². The summed E-state index contributed by atoms with van der Waals surface area (Å²) in [5.41, 5.74) is 2.91. The Morgan fingerprint density at radius 1 is 0.846 bits per heavy atom. The standard InChI is InChI=1S/C22H29NO3/c1-24-19-14-21(26-3)20(25-2)13-17(19)15-23-16-22(11-7-8-12-22)18-9-5-4-6-10-18/h4-6,9-10,13-14,23H,7-8,11-12,15-16H2,1-3H3/p+1. The summed E-state index contributed by atoms with van der Waals surface area (Å²) in [7, 11) is 5.01. The normalized spacial score (nSPS) is 15.7. The van der Waals surface area contributed by atoms with E-state index in [1.54, 1.807) is 21.3 Å². The van der Waals surface area contributed by atoms with Crippen LogP contribution in [-0.2, 0) is 12.0 Å². The fourth-order valence-electron chi connectivity index (χ4n) is 4.21. The molecule has 1 saturated carbocycles. The average molecular weight is 356 g/mol. The van der Waals surface area contributed by atoms with Crippen LogP contribution in [0.25, 0.3) is 0 Å². The van der Waals surface area contributed by atoms with Gasteiger partial charge < -0.3 is 19.5 Å². The molecule has 0 unspecified atom stereocenters. The second-order valence-electron chi connectivity index (χ2n) is 7.07. The Hall–Kier alpha value is -2.20. The van der Waals surface area contributed by atoms with E-state index < -0.39 is 0 Å². The smallest absolute Gasteiger partial charge is 0.164 e. The first kappa shape index (κ1) is 18.6. The van der Waals surface area contributed by atoms with Gasteiger partial charge in [-0.1, -0.05) is 43.2 Å². The number of methoxy groups -OCH3 is 3. The first-order valence-electron chi connectivity index (χ1n) is 9.38. The molecule has 140 valence electrons. The first-order chi connectivity index (χ1) is 12.7. The monoisotopic (exact) mass is 356 g/mol. The molecule has 4 heteroatoms. The maximum Gasteiger partial charge on any atom is 0.164 e. The minimum atomic E-state index is 0.297. The molecule has 2 aromatic carbocycles. The molecule has 0 aromatic heterocycles. The van der Waals surface area contributed by atoms with Crippen LogP contribution in [0.4, 0.5) is 0 Å². The Labute approximate surface area is 156 Å². The van der Waals surface area contributed by atoms with Gasteiger partial charge in [0.1, 0.15) is 12.3 Å². The van der Waals surface area contributed by atoms with Gasteiger partial charge in [0.2, 0.25) is 0 Å². The van der Waals surface area contributed by atoms with Crippen molar-refractivity contribution in [3.8, 4) is 17.2 Å². The summed E-state index contributed by atoms with van der Waals surface area (Å²) in [6.45, 7) is 1.95. The maximum absolute atomic E-state index is 5.56. The lowest BCUT2D eigenvalue weighted by atomic mass is 9.79. The van der Waals surface area contributed by atoms with E-state index in [0.29, 0.717) is 11.2 Å². The fourth-order valence-corrected chi connectivity index (χ4v) is 4.21. The molecule has 1 aliphatic rings. The molecule has 1 aliphatic carbocycles. The van der Waals surface area contributed by atoms with E-state index >= 15 is 0 Å². The van der Waals surface area contributed by atoms with Gasteiger partial charge in [0, 0.05) is 11.5 Å². The SMILES string of the molecule is COc1cc(OC)c(OC)cc1C[NH2+]CC1(c2ccccc2)CCCC1. The topological polar surface area (TPSA) is 44.3 Å². The van der Waals surface area contributed by atoms with Gasteiger partial charge in [-0.25, -0.2) is 0 Å². The van der Waals surface area contributed by atoms with Crippen molar-refractivity contribution in [2.45, 2.75) is 37.6 Å². The Balaban J connectivity index is 1.74. The number of hydrogen-bond acceptors (Lipinski definition) is 3. The van der Waals surface area contributed by atoms with E-state index in [9.17, 15) is 0 Å². The summed E-state index contributed by atoms with van der Waals surface area (Å²) in [5.74, 6) is 2.29. The van der Waals surface area contributed by atoms with Crippen molar-refractivity contribution in [1.82, 2.24) is 0 Å². The quantitative estimate of drug-likeness (QED) is 0.789. The van der Waals surface area contributed by atoms with Gasteiger partial charge in [-0.15, -0.1) is 0 Å². The summed E-state index contributed by atoms with van der Waals surface area (Å²) in [6, 6.07) is 14.9. The molecule has 0 radical (unpaired) electrons. The van der Waals surface area contributed by atoms with Crippen LogP contribution in [0.15, 0.2) is 42.5 Å². The molecule has 2 N–H and O–H groups in total. The molecule has 26 heavy (non-hydrogen) atoms. The molecule has 3 rings (SSSR count). The van der Waals surface area contributed by atoms with Crippen molar-refractivity contribution in [1.29, 1.82) is 0 Å². The lowest BCUT2D eigenvalue weighted by Gasteiger charge is -2.28. The summed E-state index contributed by atoms with van der Waals surface area (Å²) < 4.78 is 16.4. The van der Waals surface area contributed by atoms with E-state index in [1.807, 2.05) is 12.1 Å². The van der Waals surface area contributed by atoms with Crippen molar-refractivity contribution >= 4 is 0 Å². The van der Waals surface area contributed by atoms with Gasteiger partial charge in [0.05, 0.1) is 33.4 Å². The van der Waals surface area contributed by atoms with Crippen LogP contribution in [0.5, 0.6) is 17.2 Å². The third-order valence-corrected chi connectivity index (χ3v) is 5.63. The summed E-state index contributed by atoms with van der Waals surface area (Å²) in [5, 5.41) is 2.40. The number of quaternary nitrogens is 1. The molecular weight excluding hydrogens is 326 g/mol. The second kappa shape index (κ2) is 8.45. The largest absolute Gasteiger partial charge is 0.496 e. The van der Waals surface area contributed by atoms with Gasteiger partial charge >= 0.3 is 0 Å². The maximum atomic E-state index is 5.56. The molecule has 0 spiro atoms. The summed E-state index contributed by atoms with van der Waals surface area (Å²) >= 11 is 0. The van der Waals surface area contributed by atoms with Crippen LogP contribution >= 0.6 is 0 Å². The van der Waals surface area contributed by atoms with E-state index in [-0.39, 0.29) is 0 Å². The molecule has 4 nitrogen and oxygen atoms in total. The molecule has 0 bridgehead atoms. The lowest BCUT2D eigenvalue weighted by molar-refractivity contribution is -0.677. The van der Waals surface area contributed by atoms with E-state index in [2.05, 4.69) is 35.6 Å². The van der Waals surface area contributed by atoms with Gasteiger partial charge in [-0.05, 0) is 24.5 Å². The summed E-state index contributed by atoms with van der Waals surface area (Å²) in [6.07, 6.45) is 5.19. The molecule has 0 aliphatic heterocycles. The minimum absolute atomic E-state index is 0.297. The van der Waals surface area contributed by atoms with Crippen LogP contribution in [-0.4, -0.2) is 27.9 Å². The lowest BCUT2D eigenvalue weighted by Crippen LogP contribution is -2.86. The zero-order valence-corrected chi connectivity index (χ0v) is 16.1. The third kappa shape index (κ3) is 3.80. The number of nitrogens with two attached hydrogens (primary N) is 1. The minimum Gasteiger partial charge on any atom is -0.496 e. The van der Waals surface area contributed by atoms with E-state index in [0.717, 1.165) is 30.2 Å². The van der Waals surface area contributed by atoms with E-state index in [4.69, 9.17) is 14.2 Å². The molecule has 0 atom stereocenters. The fraction of sp³-hybridized carbons (Fsp3) is 0.455. The zero-order chi connectivity index (χ0) is 18.4. The highest BCUT2D eigenvalue weighted by molar-refractivity contribution is 5.50. The predicted molar refractivity (Wildman–Crippen MR) is 103 cm³/mol. The molecule has 0 saturated heterocycles. The van der Waals surface area contributed by atoms with Crippen molar-refractivity contribution in [2.24, 2.45) is 0 Å². The Morgan fingerprint density at radius 2 is 1.46 bits per heavy atom. The van der Waals surface area contributed by atoms with Crippen molar-refractivity contribution < 1.29 is 19.5 Å². The summed E-state index contributed by atoms with van der Waals surface area (Å²) in [4.78, 5) is 0. The Kier molecular flexibility index (Phi) is 6.04. The predicted octanol–water partition coefficient (Wildman–Crippen LogP) is 3.29. The van der Waals surface area contributed by atoms with Gasteiger partial charge in [-0.2, -0.15) is 0 Å².